The molecule has 0 spiro atoms. The normalized spacial score (nSPS) is 21.5. The topological polar surface area (TPSA) is 28.2 Å². The number of thiocarbonyl (C=S) groups is 1. The number of hydrogen-bond acceptors (Lipinski definition) is 3. The van der Waals surface area contributed by atoms with Crippen molar-refractivity contribution in [3.8, 4) is 0 Å². The first-order valence-corrected chi connectivity index (χ1v) is 8.90. The molecular formula is C16H18ClN3S2. The van der Waals surface area contributed by atoms with E-state index in [1.807, 2.05) is 30.5 Å². The van der Waals surface area contributed by atoms with Gasteiger partial charge in [-0.2, -0.15) is 0 Å². The number of nitrogens with one attached hydrogen (secondary N) is 1. The molecule has 2 aromatic heterocycles. The highest BCUT2D eigenvalue weighted by Gasteiger charge is 2.40. The molecule has 6 heteroatoms. The Hall–Kier alpha value is -1.17. The number of thiophene rings is 1. The Morgan fingerprint density at radius 2 is 2.18 bits per heavy atom. The van der Waals surface area contributed by atoms with E-state index in [1.165, 1.54) is 4.88 Å². The minimum atomic E-state index is 0.0576. The largest absolute Gasteiger partial charge is 0.352 e. The summed E-state index contributed by atoms with van der Waals surface area (Å²) in [6.45, 7) is 5.32. The minimum absolute atomic E-state index is 0.0576. The van der Waals surface area contributed by atoms with E-state index in [-0.39, 0.29) is 12.1 Å². The third kappa shape index (κ3) is 3.12. The molecule has 116 valence electrons. The Morgan fingerprint density at radius 1 is 1.36 bits per heavy atom. The third-order valence-corrected chi connectivity index (χ3v) is 5.30. The summed E-state index contributed by atoms with van der Waals surface area (Å²) in [4.78, 5) is 8.00. The van der Waals surface area contributed by atoms with E-state index in [1.54, 1.807) is 11.3 Å². The van der Waals surface area contributed by atoms with E-state index in [2.05, 4.69) is 35.1 Å². The molecule has 0 aliphatic carbocycles. The second-order valence-corrected chi connectivity index (χ2v) is 7.95. The molecular weight excluding hydrogens is 334 g/mol. The van der Waals surface area contributed by atoms with Crippen LogP contribution in [-0.2, 0) is 0 Å². The van der Waals surface area contributed by atoms with Crippen molar-refractivity contribution in [1.29, 1.82) is 0 Å². The average Bonchev–Trinajstić information content (AvgIpc) is 3.04. The van der Waals surface area contributed by atoms with E-state index < -0.39 is 0 Å². The molecule has 0 aromatic carbocycles. The van der Waals surface area contributed by atoms with Crippen molar-refractivity contribution in [2.45, 2.75) is 25.9 Å². The van der Waals surface area contributed by atoms with Gasteiger partial charge in [0, 0.05) is 17.6 Å². The Kier molecular flexibility index (Phi) is 4.66. The highest BCUT2D eigenvalue weighted by Crippen LogP contribution is 2.42. The molecule has 0 amide bonds. The molecule has 0 unspecified atom stereocenters. The van der Waals surface area contributed by atoms with Gasteiger partial charge >= 0.3 is 0 Å². The maximum Gasteiger partial charge on any atom is 0.170 e. The van der Waals surface area contributed by atoms with Crippen molar-refractivity contribution in [3.05, 3.63) is 51.4 Å². The van der Waals surface area contributed by atoms with Crippen LogP contribution >= 0.6 is 35.2 Å². The van der Waals surface area contributed by atoms with Gasteiger partial charge in [-0.15, -0.1) is 11.3 Å². The Bertz CT molecular complexity index is 656. The molecule has 1 saturated heterocycles. The standard InChI is InChI=1S/C16H18ClN3S2/c1-10(2)9-20-15(12-6-7-13(17)22-12)14(19-16(20)21)11-5-3-4-8-18-11/h3-8,10,14-15H,9H2,1-2H3,(H,19,21)/t14-,15+/m0/s1. The molecule has 1 aliphatic heterocycles. The minimum Gasteiger partial charge on any atom is -0.352 e. The molecule has 2 aromatic rings. The summed E-state index contributed by atoms with van der Waals surface area (Å²) in [7, 11) is 0. The number of aromatic nitrogens is 1. The number of hydrogen-bond donors (Lipinski definition) is 1. The van der Waals surface area contributed by atoms with Crippen LogP contribution in [0, 0.1) is 5.92 Å². The molecule has 3 nitrogen and oxygen atoms in total. The van der Waals surface area contributed by atoms with E-state index in [9.17, 15) is 0 Å². The lowest BCUT2D eigenvalue weighted by Gasteiger charge is -2.28. The zero-order chi connectivity index (χ0) is 15.7. The van der Waals surface area contributed by atoms with E-state index in [0.717, 1.165) is 21.7 Å². The lowest BCUT2D eigenvalue weighted by atomic mass is 10.0. The molecule has 3 rings (SSSR count). The molecule has 0 saturated carbocycles. The van der Waals surface area contributed by atoms with Gasteiger partial charge in [0.1, 0.15) is 0 Å². The van der Waals surface area contributed by atoms with Crippen LogP contribution in [0.15, 0.2) is 36.5 Å². The zero-order valence-corrected chi connectivity index (χ0v) is 14.9. The quantitative estimate of drug-likeness (QED) is 0.825. The first-order valence-electron chi connectivity index (χ1n) is 7.29. The van der Waals surface area contributed by atoms with Crippen LogP contribution in [0.4, 0.5) is 0 Å². The smallest absolute Gasteiger partial charge is 0.170 e. The van der Waals surface area contributed by atoms with Gasteiger partial charge in [0.2, 0.25) is 0 Å². The van der Waals surface area contributed by atoms with Crippen LogP contribution in [0.2, 0.25) is 4.34 Å². The summed E-state index contributed by atoms with van der Waals surface area (Å²) in [5.74, 6) is 0.528. The Balaban J connectivity index is 2.00. The van der Waals surface area contributed by atoms with Crippen LogP contribution in [0.1, 0.15) is 36.5 Å². The van der Waals surface area contributed by atoms with Crippen LogP contribution in [0.5, 0.6) is 0 Å². The second-order valence-electron chi connectivity index (χ2n) is 5.81. The average molecular weight is 352 g/mol. The van der Waals surface area contributed by atoms with Gasteiger partial charge in [-0.05, 0) is 42.4 Å². The lowest BCUT2D eigenvalue weighted by molar-refractivity contribution is 0.291. The predicted molar refractivity (Wildman–Crippen MR) is 96.3 cm³/mol. The van der Waals surface area contributed by atoms with Crippen LogP contribution in [-0.4, -0.2) is 21.5 Å². The monoisotopic (exact) mass is 351 g/mol. The SMILES string of the molecule is CC(C)CN1C(=S)N[C@@H](c2ccccn2)[C@H]1c1ccc(Cl)s1. The van der Waals surface area contributed by atoms with Gasteiger partial charge in [-0.1, -0.05) is 31.5 Å². The Labute approximate surface area is 145 Å². The van der Waals surface area contributed by atoms with Gasteiger partial charge in [0.05, 0.1) is 22.1 Å². The maximum absolute atomic E-state index is 6.15. The number of pyridine rings is 1. The van der Waals surface area contributed by atoms with Crippen molar-refractivity contribution in [3.63, 3.8) is 0 Å². The van der Waals surface area contributed by atoms with Crippen molar-refractivity contribution >= 4 is 40.3 Å². The summed E-state index contributed by atoms with van der Waals surface area (Å²) >= 11 is 13.3. The van der Waals surface area contributed by atoms with Crippen LogP contribution in [0.3, 0.4) is 0 Å². The van der Waals surface area contributed by atoms with Crippen molar-refractivity contribution in [1.82, 2.24) is 15.2 Å². The zero-order valence-electron chi connectivity index (χ0n) is 12.5. The van der Waals surface area contributed by atoms with E-state index >= 15 is 0 Å². The molecule has 1 N–H and O–H groups in total. The molecule has 0 radical (unpaired) electrons. The van der Waals surface area contributed by atoms with Crippen molar-refractivity contribution in [2.75, 3.05) is 6.54 Å². The van der Waals surface area contributed by atoms with Crippen molar-refractivity contribution < 1.29 is 0 Å². The molecule has 0 bridgehead atoms. The van der Waals surface area contributed by atoms with E-state index in [0.29, 0.717) is 5.92 Å². The van der Waals surface area contributed by atoms with Gasteiger partial charge in [-0.3, -0.25) is 4.98 Å². The molecule has 22 heavy (non-hydrogen) atoms. The second kappa shape index (κ2) is 6.52. The maximum atomic E-state index is 6.15. The fourth-order valence-electron chi connectivity index (χ4n) is 2.79. The molecule has 1 fully saturated rings. The first-order chi connectivity index (χ1) is 10.6. The third-order valence-electron chi connectivity index (χ3n) is 3.65. The fraction of sp³-hybridized carbons (Fsp3) is 0.375. The predicted octanol–water partition coefficient (Wildman–Crippen LogP) is 4.43. The molecule has 2 atom stereocenters. The summed E-state index contributed by atoms with van der Waals surface area (Å²) in [6, 6.07) is 10.2. The summed E-state index contributed by atoms with van der Waals surface area (Å²) in [5, 5.41) is 4.23. The summed E-state index contributed by atoms with van der Waals surface area (Å²) in [6.07, 6.45) is 1.82. The van der Waals surface area contributed by atoms with Crippen molar-refractivity contribution in [2.24, 2.45) is 5.92 Å². The van der Waals surface area contributed by atoms with Gasteiger partial charge in [0.15, 0.2) is 5.11 Å². The molecule has 3 heterocycles. The van der Waals surface area contributed by atoms with Gasteiger partial charge in [-0.25, -0.2) is 0 Å². The fourth-order valence-corrected chi connectivity index (χ4v) is 4.32. The molecule has 1 aliphatic rings. The first kappa shape index (κ1) is 15.7. The van der Waals surface area contributed by atoms with Crippen LogP contribution < -0.4 is 5.32 Å². The van der Waals surface area contributed by atoms with Gasteiger partial charge < -0.3 is 10.2 Å². The lowest BCUT2D eigenvalue weighted by Crippen LogP contribution is -2.32. The number of halogens is 1. The highest BCUT2D eigenvalue weighted by atomic mass is 35.5. The number of rotatable bonds is 4. The van der Waals surface area contributed by atoms with Gasteiger partial charge in [0.25, 0.3) is 0 Å². The van der Waals surface area contributed by atoms with E-state index in [4.69, 9.17) is 23.8 Å². The number of nitrogens with zero attached hydrogens (tertiary/aromatic N) is 2. The summed E-state index contributed by atoms with van der Waals surface area (Å²) < 4.78 is 0.803. The summed E-state index contributed by atoms with van der Waals surface area (Å²) in [5.41, 5.74) is 1.01. The Morgan fingerprint density at radius 3 is 2.77 bits per heavy atom. The van der Waals surface area contributed by atoms with Crippen LogP contribution in [0.25, 0.3) is 0 Å². The highest BCUT2D eigenvalue weighted by molar-refractivity contribution is 7.80.